The number of sulfonamides is 1. The first-order valence-corrected chi connectivity index (χ1v) is 11.0. The van der Waals surface area contributed by atoms with Crippen LogP contribution >= 0.6 is 11.6 Å². The molecular weight excluding hydrogens is 388 g/mol. The Bertz CT molecular complexity index is 768. The zero-order valence-corrected chi connectivity index (χ0v) is 18.1. The average molecular weight is 417 g/mol. The van der Waals surface area contributed by atoms with Gasteiger partial charge >= 0.3 is 5.97 Å². The quantitative estimate of drug-likeness (QED) is 0.665. The minimum absolute atomic E-state index is 0.0939. The topological polar surface area (TPSA) is 66.9 Å². The van der Waals surface area contributed by atoms with Crippen molar-refractivity contribution in [3.8, 4) is 0 Å². The van der Waals surface area contributed by atoms with Crippen LogP contribution in [-0.2, 0) is 26.1 Å². The van der Waals surface area contributed by atoms with Crippen molar-refractivity contribution in [3.63, 3.8) is 0 Å². The van der Waals surface area contributed by atoms with Gasteiger partial charge in [0.2, 0.25) is 10.0 Å². The molecule has 1 heterocycles. The van der Waals surface area contributed by atoms with Crippen LogP contribution in [0.2, 0.25) is 5.02 Å². The maximum atomic E-state index is 12.9. The summed E-state index contributed by atoms with van der Waals surface area (Å²) in [6, 6.07) is 4.76. The van der Waals surface area contributed by atoms with Crippen LogP contribution in [0.4, 0.5) is 0 Å². The second-order valence-electron chi connectivity index (χ2n) is 7.98. The number of carbonyl (C=O) groups excluding carboxylic acids is 1. The molecule has 1 aromatic carbocycles. The molecule has 0 unspecified atom stereocenters. The highest BCUT2D eigenvalue weighted by Crippen LogP contribution is 2.25. The third-order valence-corrected chi connectivity index (χ3v) is 6.49. The first-order chi connectivity index (χ1) is 12.5. The van der Waals surface area contributed by atoms with Crippen molar-refractivity contribution in [1.29, 1.82) is 0 Å². The lowest BCUT2D eigenvalue weighted by Gasteiger charge is -2.26. The third kappa shape index (κ3) is 6.45. The number of ether oxygens (including phenoxy) is 1. The molecule has 1 saturated heterocycles. The summed E-state index contributed by atoms with van der Waals surface area (Å²) in [6.45, 7) is 7.00. The molecule has 6 nitrogen and oxygen atoms in total. The Labute approximate surface area is 167 Å². The summed E-state index contributed by atoms with van der Waals surface area (Å²) in [4.78, 5) is 14.0. The van der Waals surface area contributed by atoms with Gasteiger partial charge in [-0.15, -0.1) is 0 Å². The fraction of sp³-hybridized carbons (Fsp3) is 0.632. The number of piperidine rings is 1. The molecule has 0 aliphatic carbocycles. The average Bonchev–Trinajstić information content (AvgIpc) is 2.55. The third-order valence-electron chi connectivity index (χ3n) is 4.23. The molecule has 2 rings (SSSR count). The fourth-order valence-corrected chi connectivity index (χ4v) is 4.77. The number of carbonyl (C=O) groups is 1. The number of likely N-dealkylation sites (N-methyl/N-ethyl adjacent to an activating group) is 1. The molecule has 27 heavy (non-hydrogen) atoms. The van der Waals surface area contributed by atoms with Crippen molar-refractivity contribution in [2.24, 2.45) is 0 Å². The predicted octanol–water partition coefficient (Wildman–Crippen LogP) is 3.29. The van der Waals surface area contributed by atoms with Crippen LogP contribution in [0, 0.1) is 0 Å². The van der Waals surface area contributed by atoms with Gasteiger partial charge in [-0.05, 0) is 64.4 Å². The molecule has 152 valence electrons. The monoisotopic (exact) mass is 416 g/mol. The van der Waals surface area contributed by atoms with Crippen LogP contribution in [0.1, 0.15) is 45.6 Å². The highest BCUT2D eigenvalue weighted by atomic mass is 35.5. The lowest BCUT2D eigenvalue weighted by Crippen LogP contribution is -2.35. The summed E-state index contributed by atoms with van der Waals surface area (Å²) in [5, 5.41) is 0.476. The van der Waals surface area contributed by atoms with Crippen LogP contribution in [-0.4, -0.2) is 55.9 Å². The van der Waals surface area contributed by atoms with Gasteiger partial charge in [0.15, 0.2) is 0 Å². The van der Waals surface area contributed by atoms with Crippen molar-refractivity contribution < 1.29 is 17.9 Å². The van der Waals surface area contributed by atoms with Crippen molar-refractivity contribution in [3.05, 3.63) is 28.8 Å². The normalized spacial score (nSPS) is 16.5. The number of hydrogen-bond acceptors (Lipinski definition) is 5. The van der Waals surface area contributed by atoms with Gasteiger partial charge in [0, 0.05) is 24.7 Å². The number of nitrogens with zero attached hydrogens (tertiary/aromatic N) is 2. The molecule has 0 saturated carbocycles. The number of benzene rings is 1. The second-order valence-corrected chi connectivity index (χ2v) is 10.3. The standard InChI is InChI=1S/C19H29ClN2O4S/c1-19(2,3)26-18(23)14-21(4)13-15-12-16(8-9-17(15)20)27(24,25)22-10-6-5-7-11-22/h8-9,12H,5-7,10-11,13-14H2,1-4H3. The van der Waals surface area contributed by atoms with E-state index in [0.29, 0.717) is 30.2 Å². The summed E-state index contributed by atoms with van der Waals surface area (Å²) >= 11 is 6.27. The van der Waals surface area contributed by atoms with E-state index in [-0.39, 0.29) is 17.4 Å². The zero-order chi connectivity index (χ0) is 20.2. The summed E-state index contributed by atoms with van der Waals surface area (Å²) in [5.41, 5.74) is 0.124. The van der Waals surface area contributed by atoms with Gasteiger partial charge in [-0.25, -0.2) is 8.42 Å². The lowest BCUT2D eigenvalue weighted by atomic mass is 10.2. The summed E-state index contributed by atoms with van der Waals surface area (Å²) < 4.78 is 32.6. The van der Waals surface area contributed by atoms with Crippen LogP contribution in [0.15, 0.2) is 23.1 Å². The first-order valence-electron chi connectivity index (χ1n) is 9.18. The van der Waals surface area contributed by atoms with E-state index in [2.05, 4.69) is 0 Å². The molecule has 0 radical (unpaired) electrons. The van der Waals surface area contributed by atoms with Gasteiger partial charge in [-0.2, -0.15) is 4.31 Å². The van der Waals surface area contributed by atoms with E-state index in [0.717, 1.165) is 19.3 Å². The Morgan fingerprint density at radius 3 is 2.44 bits per heavy atom. The molecule has 0 atom stereocenters. The predicted molar refractivity (Wildman–Crippen MR) is 106 cm³/mol. The molecule has 0 N–H and O–H groups in total. The lowest BCUT2D eigenvalue weighted by molar-refractivity contribution is -0.155. The molecule has 1 aliphatic heterocycles. The molecule has 0 spiro atoms. The number of halogens is 1. The molecule has 0 amide bonds. The minimum Gasteiger partial charge on any atom is -0.459 e. The van der Waals surface area contributed by atoms with E-state index < -0.39 is 15.6 Å². The van der Waals surface area contributed by atoms with Crippen LogP contribution in [0.3, 0.4) is 0 Å². The highest BCUT2D eigenvalue weighted by molar-refractivity contribution is 7.89. The maximum absolute atomic E-state index is 12.9. The Morgan fingerprint density at radius 1 is 1.22 bits per heavy atom. The van der Waals surface area contributed by atoms with Crippen molar-refractivity contribution in [2.75, 3.05) is 26.7 Å². The smallest absolute Gasteiger partial charge is 0.320 e. The largest absolute Gasteiger partial charge is 0.459 e. The van der Waals surface area contributed by atoms with Crippen LogP contribution in [0.25, 0.3) is 0 Å². The van der Waals surface area contributed by atoms with E-state index in [9.17, 15) is 13.2 Å². The van der Waals surface area contributed by atoms with Crippen LogP contribution in [0.5, 0.6) is 0 Å². The Morgan fingerprint density at radius 2 is 1.85 bits per heavy atom. The van der Waals surface area contributed by atoms with Gasteiger partial charge < -0.3 is 4.74 Å². The Hall–Kier alpha value is -1.15. The molecule has 0 bridgehead atoms. The van der Waals surface area contributed by atoms with Gasteiger partial charge in [0.05, 0.1) is 11.4 Å². The van der Waals surface area contributed by atoms with E-state index >= 15 is 0 Å². The molecule has 1 aliphatic rings. The number of rotatable bonds is 6. The fourth-order valence-electron chi connectivity index (χ4n) is 3.03. The summed E-state index contributed by atoms with van der Waals surface area (Å²) in [6.07, 6.45) is 2.84. The first kappa shape index (κ1) is 22.1. The van der Waals surface area contributed by atoms with Gasteiger partial charge in [-0.1, -0.05) is 18.0 Å². The van der Waals surface area contributed by atoms with Crippen molar-refractivity contribution >= 4 is 27.6 Å². The maximum Gasteiger partial charge on any atom is 0.320 e. The summed E-state index contributed by atoms with van der Waals surface area (Å²) in [5.74, 6) is -0.335. The molecule has 1 fully saturated rings. The zero-order valence-electron chi connectivity index (χ0n) is 16.5. The number of esters is 1. The van der Waals surface area contributed by atoms with Crippen molar-refractivity contribution in [2.45, 2.75) is 57.1 Å². The number of hydrogen-bond donors (Lipinski definition) is 0. The van der Waals surface area contributed by atoms with Crippen molar-refractivity contribution in [1.82, 2.24) is 9.21 Å². The van der Waals surface area contributed by atoms with Gasteiger partial charge in [-0.3, -0.25) is 9.69 Å². The second kappa shape index (κ2) is 8.90. The summed E-state index contributed by atoms with van der Waals surface area (Å²) in [7, 11) is -1.75. The molecule has 1 aromatic rings. The van der Waals surface area contributed by atoms with E-state index in [4.69, 9.17) is 16.3 Å². The Kier molecular flexibility index (Phi) is 7.30. The minimum atomic E-state index is -3.52. The molecule has 8 heteroatoms. The van der Waals surface area contributed by atoms with E-state index in [1.54, 1.807) is 30.1 Å². The SMILES string of the molecule is CN(CC(=O)OC(C)(C)C)Cc1cc(S(=O)(=O)N2CCCCC2)ccc1Cl. The van der Waals surface area contributed by atoms with Gasteiger partial charge in [0.1, 0.15) is 5.60 Å². The molecule has 0 aromatic heterocycles. The highest BCUT2D eigenvalue weighted by Gasteiger charge is 2.26. The van der Waals surface area contributed by atoms with Gasteiger partial charge in [0.25, 0.3) is 0 Å². The molecular formula is C19H29ClN2O4S. The van der Waals surface area contributed by atoms with Crippen LogP contribution < -0.4 is 0 Å². The van der Waals surface area contributed by atoms with E-state index in [1.165, 1.54) is 4.31 Å². The Balaban J connectivity index is 2.11. The van der Waals surface area contributed by atoms with E-state index in [1.807, 2.05) is 20.8 Å².